The van der Waals surface area contributed by atoms with Crippen LogP contribution in [0.5, 0.6) is 0 Å². The Kier molecular flexibility index (Phi) is 6.15. The molecule has 6 heteroatoms. The number of pyridine rings is 1. The number of hydrogen-bond donors (Lipinski definition) is 0. The van der Waals surface area contributed by atoms with Gasteiger partial charge in [0.15, 0.2) is 0 Å². The summed E-state index contributed by atoms with van der Waals surface area (Å²) in [6.07, 6.45) is 7.10. The fourth-order valence-electron chi connectivity index (χ4n) is 4.29. The molecule has 2 saturated heterocycles. The summed E-state index contributed by atoms with van der Waals surface area (Å²) in [5.74, 6) is 0.476. The second-order valence-electron chi connectivity index (χ2n) is 8.18. The largest absolute Gasteiger partial charge is 0.341 e. The van der Waals surface area contributed by atoms with Gasteiger partial charge in [-0.2, -0.15) is 0 Å². The maximum Gasteiger partial charge on any atom is 0.239 e. The van der Waals surface area contributed by atoms with Crippen molar-refractivity contribution < 1.29 is 9.59 Å². The molecule has 2 amide bonds. The first kappa shape index (κ1) is 19.8. The van der Waals surface area contributed by atoms with Crippen LogP contribution in [-0.2, 0) is 16.1 Å². The Labute approximate surface area is 162 Å². The number of likely N-dealkylation sites (tertiary alicyclic amines) is 2. The Morgan fingerprint density at radius 1 is 1.26 bits per heavy atom. The SMILES string of the molecule is CCN(C)[C@@H](C)C(=O)N1CCC2(CCC(=O)N(Cc3ccncc3)C2)CC1. The number of aromatic nitrogens is 1. The summed E-state index contributed by atoms with van der Waals surface area (Å²) in [7, 11) is 2.00. The third-order valence-electron chi connectivity index (χ3n) is 6.52. The van der Waals surface area contributed by atoms with E-state index in [9.17, 15) is 9.59 Å². The minimum atomic E-state index is -0.0693. The van der Waals surface area contributed by atoms with Crippen LogP contribution in [-0.4, -0.2) is 70.8 Å². The third kappa shape index (κ3) is 4.49. The third-order valence-corrected chi connectivity index (χ3v) is 6.52. The molecule has 0 unspecified atom stereocenters. The number of amides is 2. The molecule has 148 valence electrons. The molecule has 1 atom stereocenters. The van der Waals surface area contributed by atoms with Gasteiger partial charge in [0, 0.05) is 45.0 Å². The van der Waals surface area contributed by atoms with E-state index in [-0.39, 0.29) is 23.3 Å². The van der Waals surface area contributed by atoms with E-state index in [1.807, 2.05) is 35.9 Å². The predicted octanol–water partition coefficient (Wildman–Crippen LogP) is 2.15. The number of carbonyl (C=O) groups is 2. The van der Waals surface area contributed by atoms with E-state index in [0.29, 0.717) is 13.0 Å². The van der Waals surface area contributed by atoms with Gasteiger partial charge in [-0.15, -0.1) is 0 Å². The van der Waals surface area contributed by atoms with Crippen LogP contribution in [0.15, 0.2) is 24.5 Å². The fourth-order valence-corrected chi connectivity index (χ4v) is 4.29. The maximum atomic E-state index is 12.7. The zero-order valence-electron chi connectivity index (χ0n) is 16.9. The van der Waals surface area contributed by atoms with Crippen LogP contribution in [0.1, 0.15) is 45.1 Å². The molecular weight excluding hydrogens is 340 g/mol. The summed E-state index contributed by atoms with van der Waals surface area (Å²) < 4.78 is 0. The first-order valence-electron chi connectivity index (χ1n) is 10.1. The second-order valence-corrected chi connectivity index (χ2v) is 8.18. The Balaban J connectivity index is 1.60. The summed E-state index contributed by atoms with van der Waals surface area (Å²) in [5.41, 5.74) is 1.29. The number of nitrogens with zero attached hydrogens (tertiary/aromatic N) is 4. The molecule has 2 fully saturated rings. The molecule has 2 aliphatic rings. The standard InChI is InChI=1S/C21H32N4O2/c1-4-23(3)17(2)20(27)24-13-9-21(10-14-24)8-5-19(26)25(16-21)15-18-6-11-22-12-7-18/h6-7,11-12,17H,4-5,8-10,13-16H2,1-3H3/t17-/m0/s1. The van der Waals surface area contributed by atoms with Gasteiger partial charge in [-0.1, -0.05) is 6.92 Å². The van der Waals surface area contributed by atoms with Crippen LogP contribution in [0.2, 0.25) is 0 Å². The van der Waals surface area contributed by atoms with E-state index < -0.39 is 0 Å². The summed E-state index contributed by atoms with van der Waals surface area (Å²) in [5, 5.41) is 0. The second kappa shape index (κ2) is 8.38. The van der Waals surface area contributed by atoms with Gasteiger partial charge in [0.05, 0.1) is 6.04 Å². The zero-order chi connectivity index (χ0) is 19.4. The van der Waals surface area contributed by atoms with Crippen molar-refractivity contribution in [2.24, 2.45) is 5.41 Å². The molecule has 0 aromatic carbocycles. The normalized spacial score (nSPS) is 21.0. The van der Waals surface area contributed by atoms with Gasteiger partial charge in [0.1, 0.15) is 0 Å². The van der Waals surface area contributed by atoms with E-state index >= 15 is 0 Å². The molecule has 1 spiro atoms. The van der Waals surface area contributed by atoms with Gasteiger partial charge in [-0.25, -0.2) is 0 Å². The highest BCUT2D eigenvalue weighted by molar-refractivity contribution is 5.81. The van der Waals surface area contributed by atoms with Crippen LogP contribution >= 0.6 is 0 Å². The van der Waals surface area contributed by atoms with E-state index in [4.69, 9.17) is 0 Å². The molecule has 1 aromatic rings. The van der Waals surface area contributed by atoms with Crippen LogP contribution in [0.4, 0.5) is 0 Å². The molecule has 0 aliphatic carbocycles. The van der Waals surface area contributed by atoms with Crippen molar-refractivity contribution in [1.82, 2.24) is 19.7 Å². The average Bonchev–Trinajstić information content (AvgIpc) is 2.70. The van der Waals surface area contributed by atoms with E-state index in [1.165, 1.54) is 0 Å². The van der Waals surface area contributed by atoms with Crippen LogP contribution in [0.3, 0.4) is 0 Å². The first-order chi connectivity index (χ1) is 12.9. The molecule has 0 radical (unpaired) electrons. The van der Waals surface area contributed by atoms with Crippen molar-refractivity contribution in [2.45, 2.75) is 52.1 Å². The topological polar surface area (TPSA) is 56.8 Å². The molecule has 0 N–H and O–H groups in total. The lowest BCUT2D eigenvalue weighted by Crippen LogP contribution is -2.54. The lowest BCUT2D eigenvalue weighted by atomic mass is 9.72. The summed E-state index contributed by atoms with van der Waals surface area (Å²) in [6.45, 7) is 8.01. The summed E-state index contributed by atoms with van der Waals surface area (Å²) in [4.78, 5) is 35.3. The molecule has 2 aliphatic heterocycles. The molecular formula is C21H32N4O2. The zero-order valence-corrected chi connectivity index (χ0v) is 16.9. The van der Waals surface area contributed by atoms with Crippen molar-refractivity contribution in [3.8, 4) is 0 Å². The Morgan fingerprint density at radius 3 is 2.56 bits per heavy atom. The lowest BCUT2D eigenvalue weighted by molar-refractivity contribution is -0.144. The molecule has 6 nitrogen and oxygen atoms in total. The summed E-state index contributed by atoms with van der Waals surface area (Å²) in [6, 6.07) is 3.88. The lowest BCUT2D eigenvalue weighted by Gasteiger charge is -2.48. The molecule has 0 bridgehead atoms. The van der Waals surface area contributed by atoms with Crippen LogP contribution in [0, 0.1) is 5.41 Å². The Morgan fingerprint density at radius 2 is 1.93 bits per heavy atom. The average molecular weight is 373 g/mol. The number of carbonyl (C=O) groups excluding carboxylic acids is 2. The number of rotatable bonds is 5. The summed E-state index contributed by atoms with van der Waals surface area (Å²) >= 11 is 0. The smallest absolute Gasteiger partial charge is 0.239 e. The van der Waals surface area contributed by atoms with E-state index in [0.717, 1.165) is 51.0 Å². The van der Waals surface area contributed by atoms with Crippen LogP contribution in [0.25, 0.3) is 0 Å². The van der Waals surface area contributed by atoms with Gasteiger partial charge in [0.25, 0.3) is 0 Å². The van der Waals surface area contributed by atoms with Crippen molar-refractivity contribution in [1.29, 1.82) is 0 Å². The molecule has 3 rings (SSSR count). The fraction of sp³-hybridized carbons (Fsp3) is 0.667. The van der Waals surface area contributed by atoms with Crippen molar-refractivity contribution in [2.75, 3.05) is 33.2 Å². The molecule has 3 heterocycles. The van der Waals surface area contributed by atoms with Gasteiger partial charge in [0.2, 0.25) is 11.8 Å². The van der Waals surface area contributed by atoms with Gasteiger partial charge < -0.3 is 9.80 Å². The van der Waals surface area contributed by atoms with Gasteiger partial charge in [-0.05, 0) is 62.9 Å². The minimum absolute atomic E-state index is 0.0693. The molecule has 27 heavy (non-hydrogen) atoms. The monoisotopic (exact) mass is 372 g/mol. The van der Waals surface area contributed by atoms with E-state index in [1.54, 1.807) is 12.4 Å². The highest BCUT2D eigenvalue weighted by Gasteiger charge is 2.42. The first-order valence-corrected chi connectivity index (χ1v) is 10.1. The molecule has 1 aromatic heterocycles. The van der Waals surface area contributed by atoms with Crippen LogP contribution < -0.4 is 0 Å². The molecule has 0 saturated carbocycles. The van der Waals surface area contributed by atoms with Crippen molar-refractivity contribution in [3.63, 3.8) is 0 Å². The van der Waals surface area contributed by atoms with Gasteiger partial charge in [-0.3, -0.25) is 19.5 Å². The Bertz CT molecular complexity index is 655. The van der Waals surface area contributed by atoms with Gasteiger partial charge >= 0.3 is 0 Å². The number of likely N-dealkylation sites (N-methyl/N-ethyl adjacent to an activating group) is 1. The van der Waals surface area contributed by atoms with Crippen molar-refractivity contribution in [3.05, 3.63) is 30.1 Å². The predicted molar refractivity (Wildman–Crippen MR) is 105 cm³/mol. The number of hydrogen-bond acceptors (Lipinski definition) is 4. The van der Waals surface area contributed by atoms with E-state index in [2.05, 4.69) is 16.8 Å². The van der Waals surface area contributed by atoms with Crippen molar-refractivity contribution >= 4 is 11.8 Å². The minimum Gasteiger partial charge on any atom is -0.341 e. The Hall–Kier alpha value is -1.95. The highest BCUT2D eigenvalue weighted by Crippen LogP contribution is 2.40. The quantitative estimate of drug-likeness (QED) is 0.795. The number of piperidine rings is 2. The highest BCUT2D eigenvalue weighted by atomic mass is 16.2. The maximum absolute atomic E-state index is 12.7.